The second-order valence-electron chi connectivity index (χ2n) is 3.77. The van der Waals surface area contributed by atoms with Gasteiger partial charge in [0.05, 0.1) is 6.61 Å². The lowest BCUT2D eigenvalue weighted by atomic mass is 10.3. The first-order valence-electron chi connectivity index (χ1n) is 5.81. The van der Waals surface area contributed by atoms with Crippen molar-refractivity contribution in [3.8, 4) is 0 Å². The Morgan fingerprint density at radius 3 is 3.00 bits per heavy atom. The zero-order valence-corrected chi connectivity index (χ0v) is 11.2. The van der Waals surface area contributed by atoms with E-state index >= 15 is 0 Å². The fourth-order valence-corrected chi connectivity index (χ4v) is 2.37. The highest BCUT2D eigenvalue weighted by atomic mass is 32.1. The van der Waals surface area contributed by atoms with Crippen LogP contribution >= 0.6 is 11.3 Å². The number of carbonyl (C=O) groups is 1. The molecule has 0 atom stereocenters. The minimum absolute atomic E-state index is 0.283. The van der Waals surface area contributed by atoms with Gasteiger partial charge in [0.15, 0.2) is 0 Å². The van der Waals surface area contributed by atoms with Crippen LogP contribution in [0.5, 0.6) is 0 Å². The summed E-state index contributed by atoms with van der Waals surface area (Å²) in [5.41, 5.74) is 0. The summed E-state index contributed by atoms with van der Waals surface area (Å²) in [7, 11) is 0. The van der Waals surface area contributed by atoms with Crippen molar-refractivity contribution in [2.24, 2.45) is 0 Å². The maximum atomic E-state index is 11.7. The number of nitrogens with zero attached hydrogens (tertiary/aromatic N) is 3. The quantitative estimate of drug-likeness (QED) is 0.777. The average molecular weight is 265 g/mol. The van der Waals surface area contributed by atoms with Crippen LogP contribution in [0.3, 0.4) is 0 Å². The summed E-state index contributed by atoms with van der Waals surface area (Å²) >= 11 is 1.70. The van der Waals surface area contributed by atoms with E-state index in [4.69, 9.17) is 4.74 Å². The van der Waals surface area contributed by atoms with Gasteiger partial charge in [-0.3, -0.25) is 0 Å². The summed E-state index contributed by atoms with van der Waals surface area (Å²) in [6.45, 7) is 4.64. The molecule has 2 heterocycles. The van der Waals surface area contributed by atoms with Crippen LogP contribution in [-0.2, 0) is 17.7 Å². The molecule has 0 aromatic carbocycles. The van der Waals surface area contributed by atoms with Crippen molar-refractivity contribution in [2.45, 2.75) is 26.8 Å². The number of ether oxygens (including phenoxy) is 1. The molecule has 0 aliphatic heterocycles. The average Bonchev–Trinajstić information content (AvgIpc) is 2.96. The number of hydrogen-bond donors (Lipinski definition) is 0. The molecule has 18 heavy (non-hydrogen) atoms. The lowest BCUT2D eigenvalue weighted by molar-refractivity contribution is 0.0505. The molecule has 0 radical (unpaired) electrons. The molecule has 2 aromatic heterocycles. The Labute approximate surface area is 109 Å². The molecule has 0 spiro atoms. The van der Waals surface area contributed by atoms with Gasteiger partial charge in [0.1, 0.15) is 5.82 Å². The highest BCUT2D eigenvalue weighted by Gasteiger charge is 2.17. The zero-order chi connectivity index (χ0) is 13.0. The molecular weight excluding hydrogens is 250 g/mol. The predicted molar refractivity (Wildman–Crippen MR) is 68.7 cm³/mol. The number of carbonyl (C=O) groups excluding carboxylic acids is 1. The highest BCUT2D eigenvalue weighted by Crippen LogP contribution is 2.12. The summed E-state index contributed by atoms with van der Waals surface area (Å²) in [4.78, 5) is 13.0. The topological polar surface area (TPSA) is 57.0 Å². The van der Waals surface area contributed by atoms with Crippen molar-refractivity contribution >= 4 is 17.3 Å². The molecule has 0 N–H and O–H groups in total. The van der Waals surface area contributed by atoms with E-state index in [-0.39, 0.29) is 5.82 Å². The van der Waals surface area contributed by atoms with E-state index in [0.717, 1.165) is 12.2 Å². The molecule has 0 saturated heterocycles. The standard InChI is InChI=1S/C12H15N3O2S/c1-3-17-12(16)11-14-13-9(2)15(11)7-6-10-5-4-8-18-10/h4-5,8H,3,6-7H2,1-2H3. The molecule has 0 unspecified atom stereocenters. The van der Waals surface area contributed by atoms with Crippen LogP contribution < -0.4 is 0 Å². The van der Waals surface area contributed by atoms with Crippen molar-refractivity contribution in [2.75, 3.05) is 6.61 Å². The molecule has 2 aromatic rings. The maximum absolute atomic E-state index is 11.7. The van der Waals surface area contributed by atoms with E-state index in [9.17, 15) is 4.79 Å². The van der Waals surface area contributed by atoms with Crippen molar-refractivity contribution < 1.29 is 9.53 Å². The summed E-state index contributed by atoms with van der Waals surface area (Å²) in [6.07, 6.45) is 0.864. The van der Waals surface area contributed by atoms with E-state index in [1.807, 2.05) is 18.4 Å². The van der Waals surface area contributed by atoms with E-state index in [1.165, 1.54) is 4.88 Å². The van der Waals surface area contributed by atoms with Crippen molar-refractivity contribution in [1.29, 1.82) is 0 Å². The fourth-order valence-electron chi connectivity index (χ4n) is 1.67. The lowest BCUT2D eigenvalue weighted by Crippen LogP contribution is -2.15. The number of thiophene rings is 1. The number of aromatic nitrogens is 3. The molecule has 6 heteroatoms. The monoisotopic (exact) mass is 265 g/mol. The van der Waals surface area contributed by atoms with Gasteiger partial charge in [0.2, 0.25) is 5.82 Å². The van der Waals surface area contributed by atoms with Crippen LogP contribution in [0.4, 0.5) is 0 Å². The molecule has 2 rings (SSSR count). The van der Waals surface area contributed by atoms with Gasteiger partial charge in [-0.15, -0.1) is 21.5 Å². The van der Waals surface area contributed by atoms with Crippen LogP contribution in [0.2, 0.25) is 0 Å². The maximum Gasteiger partial charge on any atom is 0.376 e. The van der Waals surface area contributed by atoms with Crippen LogP contribution in [0.25, 0.3) is 0 Å². The minimum Gasteiger partial charge on any atom is -0.460 e. The van der Waals surface area contributed by atoms with Gasteiger partial charge < -0.3 is 9.30 Å². The second-order valence-corrected chi connectivity index (χ2v) is 4.80. The summed E-state index contributed by atoms with van der Waals surface area (Å²) in [5, 5.41) is 9.85. The van der Waals surface area contributed by atoms with E-state index in [1.54, 1.807) is 22.8 Å². The van der Waals surface area contributed by atoms with E-state index in [2.05, 4.69) is 16.3 Å². The van der Waals surface area contributed by atoms with Crippen molar-refractivity contribution in [1.82, 2.24) is 14.8 Å². The van der Waals surface area contributed by atoms with Gasteiger partial charge in [-0.1, -0.05) is 6.07 Å². The van der Waals surface area contributed by atoms with Crippen molar-refractivity contribution in [3.63, 3.8) is 0 Å². The van der Waals surface area contributed by atoms with Gasteiger partial charge >= 0.3 is 5.97 Å². The zero-order valence-electron chi connectivity index (χ0n) is 10.4. The molecule has 0 amide bonds. The second kappa shape index (κ2) is 5.77. The first-order chi connectivity index (χ1) is 8.72. The molecule has 5 nitrogen and oxygen atoms in total. The summed E-state index contributed by atoms with van der Waals surface area (Å²) in [5.74, 6) is 0.602. The highest BCUT2D eigenvalue weighted by molar-refractivity contribution is 7.09. The Hall–Kier alpha value is -1.69. The van der Waals surface area contributed by atoms with Gasteiger partial charge in [-0.2, -0.15) is 0 Å². The smallest absolute Gasteiger partial charge is 0.376 e. The molecule has 0 fully saturated rings. The Kier molecular flexibility index (Phi) is 4.09. The molecule has 0 aliphatic carbocycles. The molecule has 0 saturated carbocycles. The lowest BCUT2D eigenvalue weighted by Gasteiger charge is -2.06. The van der Waals surface area contributed by atoms with E-state index in [0.29, 0.717) is 13.2 Å². The van der Waals surface area contributed by atoms with Gasteiger partial charge in [0.25, 0.3) is 0 Å². The largest absolute Gasteiger partial charge is 0.460 e. The van der Waals surface area contributed by atoms with Crippen molar-refractivity contribution in [3.05, 3.63) is 34.0 Å². The first kappa shape index (κ1) is 12.8. The Bertz CT molecular complexity index is 519. The predicted octanol–water partition coefficient (Wildman–Crippen LogP) is 2.07. The van der Waals surface area contributed by atoms with Crippen LogP contribution in [0.1, 0.15) is 28.2 Å². The number of aryl methyl sites for hydroxylation is 2. The first-order valence-corrected chi connectivity index (χ1v) is 6.69. The molecular formula is C12H15N3O2S. The molecule has 96 valence electrons. The van der Waals surface area contributed by atoms with Crippen LogP contribution in [0, 0.1) is 6.92 Å². The summed E-state index contributed by atoms with van der Waals surface area (Å²) < 4.78 is 6.76. The van der Waals surface area contributed by atoms with Gasteiger partial charge in [-0.25, -0.2) is 4.79 Å². The third-order valence-corrected chi connectivity index (χ3v) is 3.49. The minimum atomic E-state index is -0.413. The van der Waals surface area contributed by atoms with E-state index < -0.39 is 5.97 Å². The SMILES string of the molecule is CCOC(=O)c1nnc(C)n1CCc1cccs1. The number of esters is 1. The fraction of sp³-hybridized carbons (Fsp3) is 0.417. The molecule has 0 aliphatic rings. The number of rotatable bonds is 5. The Morgan fingerprint density at radius 2 is 2.33 bits per heavy atom. The third kappa shape index (κ3) is 2.76. The summed E-state index contributed by atoms with van der Waals surface area (Å²) in [6, 6.07) is 4.10. The normalized spacial score (nSPS) is 10.6. The Balaban J connectivity index is 2.11. The Morgan fingerprint density at radius 1 is 1.50 bits per heavy atom. The van der Waals surface area contributed by atoms with Gasteiger partial charge in [-0.05, 0) is 31.7 Å². The number of hydrogen-bond acceptors (Lipinski definition) is 5. The van der Waals surface area contributed by atoms with Crippen LogP contribution in [-0.4, -0.2) is 27.3 Å². The van der Waals surface area contributed by atoms with Crippen LogP contribution in [0.15, 0.2) is 17.5 Å². The third-order valence-electron chi connectivity index (χ3n) is 2.56. The molecule has 0 bridgehead atoms. The van der Waals surface area contributed by atoms with Gasteiger partial charge in [0, 0.05) is 11.4 Å².